The lowest BCUT2D eigenvalue weighted by Crippen LogP contribution is -2.30. The van der Waals surface area contributed by atoms with Gasteiger partial charge < -0.3 is 15.4 Å². The predicted octanol–water partition coefficient (Wildman–Crippen LogP) is 2.83. The average molecular weight is 328 g/mol. The summed E-state index contributed by atoms with van der Waals surface area (Å²) in [5.41, 5.74) is 7.10. The van der Waals surface area contributed by atoms with E-state index in [0.717, 1.165) is 18.5 Å². The van der Waals surface area contributed by atoms with Crippen molar-refractivity contribution in [3.05, 3.63) is 65.5 Å². The number of nitrogens with two attached hydrogens (primary N) is 1. The second kappa shape index (κ2) is 7.45. The van der Waals surface area contributed by atoms with Gasteiger partial charge in [0.15, 0.2) is 0 Å². The van der Waals surface area contributed by atoms with Crippen LogP contribution in [0.15, 0.2) is 48.5 Å². The lowest BCUT2D eigenvalue weighted by Gasteiger charge is -2.18. The number of halogens is 1. The van der Waals surface area contributed by atoms with Crippen molar-refractivity contribution in [1.29, 1.82) is 0 Å². The van der Waals surface area contributed by atoms with Crippen LogP contribution in [0.5, 0.6) is 5.75 Å². The monoisotopic (exact) mass is 328 g/mol. The van der Waals surface area contributed by atoms with E-state index < -0.39 is 0 Å². The molecule has 4 nitrogen and oxygen atoms in total. The Morgan fingerprint density at radius 2 is 1.96 bits per heavy atom. The molecule has 0 saturated carbocycles. The number of hydrogen-bond acceptors (Lipinski definition) is 3. The molecule has 3 rings (SSSR count). The first-order valence-electron chi connectivity index (χ1n) is 8.13. The summed E-state index contributed by atoms with van der Waals surface area (Å²) in [6.07, 6.45) is 0.945. The second-order valence-corrected chi connectivity index (χ2v) is 6.05. The van der Waals surface area contributed by atoms with Crippen LogP contribution in [0.25, 0.3) is 0 Å². The van der Waals surface area contributed by atoms with Crippen LogP contribution in [0.1, 0.15) is 22.3 Å². The normalized spacial score (nSPS) is 17.1. The fourth-order valence-corrected chi connectivity index (χ4v) is 2.89. The van der Waals surface area contributed by atoms with Gasteiger partial charge in [-0.1, -0.05) is 24.3 Å². The van der Waals surface area contributed by atoms with Crippen LogP contribution in [-0.2, 0) is 6.61 Å². The van der Waals surface area contributed by atoms with Gasteiger partial charge >= 0.3 is 0 Å². The molecule has 126 valence electrons. The fourth-order valence-electron chi connectivity index (χ4n) is 2.89. The summed E-state index contributed by atoms with van der Waals surface area (Å²) < 4.78 is 18.8. The fraction of sp³-hybridized carbons (Fsp3) is 0.316. The van der Waals surface area contributed by atoms with E-state index in [1.807, 2.05) is 17.0 Å². The molecule has 1 saturated heterocycles. The van der Waals surface area contributed by atoms with E-state index >= 15 is 0 Å². The van der Waals surface area contributed by atoms with E-state index in [0.29, 0.717) is 30.3 Å². The zero-order valence-electron chi connectivity index (χ0n) is 13.5. The topological polar surface area (TPSA) is 55.6 Å². The Morgan fingerprint density at radius 3 is 2.67 bits per heavy atom. The molecule has 2 aromatic rings. The first-order chi connectivity index (χ1) is 11.7. The molecule has 5 heteroatoms. The number of benzene rings is 2. The van der Waals surface area contributed by atoms with Crippen LogP contribution in [-0.4, -0.2) is 30.4 Å². The van der Waals surface area contributed by atoms with Gasteiger partial charge in [0, 0.05) is 13.1 Å². The molecule has 24 heavy (non-hydrogen) atoms. The Hall–Kier alpha value is -2.40. The number of para-hydroxylation sites is 1. The van der Waals surface area contributed by atoms with Gasteiger partial charge in [0.05, 0.1) is 5.56 Å². The molecule has 1 aliphatic rings. The van der Waals surface area contributed by atoms with Crippen molar-refractivity contribution in [1.82, 2.24) is 4.90 Å². The smallest absolute Gasteiger partial charge is 0.257 e. The van der Waals surface area contributed by atoms with E-state index in [-0.39, 0.29) is 18.3 Å². The minimum atomic E-state index is -0.280. The average Bonchev–Trinajstić information content (AvgIpc) is 3.10. The summed E-state index contributed by atoms with van der Waals surface area (Å²) in [4.78, 5) is 14.6. The molecule has 1 heterocycles. The summed E-state index contributed by atoms with van der Waals surface area (Å²) in [6.45, 7) is 2.32. The molecule has 2 aromatic carbocycles. The third-order valence-electron chi connectivity index (χ3n) is 4.33. The van der Waals surface area contributed by atoms with Crippen LogP contribution in [0.3, 0.4) is 0 Å². The first-order valence-corrected chi connectivity index (χ1v) is 8.13. The Morgan fingerprint density at radius 1 is 1.21 bits per heavy atom. The van der Waals surface area contributed by atoms with Gasteiger partial charge in [-0.3, -0.25) is 4.79 Å². The van der Waals surface area contributed by atoms with Gasteiger partial charge in [-0.25, -0.2) is 4.39 Å². The number of carbonyl (C=O) groups excluding carboxylic acids is 1. The zero-order valence-corrected chi connectivity index (χ0v) is 13.5. The van der Waals surface area contributed by atoms with Gasteiger partial charge in [0.1, 0.15) is 18.2 Å². The number of rotatable bonds is 5. The van der Waals surface area contributed by atoms with Crippen molar-refractivity contribution in [3.8, 4) is 5.75 Å². The van der Waals surface area contributed by atoms with Crippen molar-refractivity contribution in [2.75, 3.05) is 19.6 Å². The van der Waals surface area contributed by atoms with Crippen molar-refractivity contribution >= 4 is 5.91 Å². The molecular weight excluding hydrogens is 307 g/mol. The summed E-state index contributed by atoms with van der Waals surface area (Å²) in [5.74, 6) is 0.614. The summed E-state index contributed by atoms with van der Waals surface area (Å²) >= 11 is 0. The van der Waals surface area contributed by atoms with Gasteiger partial charge in [-0.15, -0.1) is 0 Å². The predicted molar refractivity (Wildman–Crippen MR) is 90.2 cm³/mol. The minimum absolute atomic E-state index is 0.0272. The molecule has 0 aromatic heterocycles. The highest BCUT2D eigenvalue weighted by Crippen LogP contribution is 2.24. The molecule has 1 atom stereocenters. The Labute approximate surface area is 141 Å². The standard InChI is InChI=1S/C19H21FN2O2/c20-16-7-5-14(6-8-16)13-24-18-4-2-1-3-17(18)19(23)22-10-9-15(11-21)12-22/h1-8,15H,9-13,21H2/t15-/m0/s1. The minimum Gasteiger partial charge on any atom is -0.488 e. The van der Waals surface area contributed by atoms with Crippen molar-refractivity contribution in [3.63, 3.8) is 0 Å². The summed E-state index contributed by atoms with van der Waals surface area (Å²) in [6, 6.07) is 13.4. The van der Waals surface area contributed by atoms with E-state index in [9.17, 15) is 9.18 Å². The number of likely N-dealkylation sites (tertiary alicyclic amines) is 1. The number of carbonyl (C=O) groups is 1. The molecule has 1 fully saturated rings. The Bertz CT molecular complexity index is 703. The molecule has 1 amide bonds. The van der Waals surface area contributed by atoms with E-state index in [1.54, 1.807) is 24.3 Å². The maximum atomic E-state index is 13.0. The Balaban J connectivity index is 1.70. The first kappa shape index (κ1) is 16.5. The number of hydrogen-bond donors (Lipinski definition) is 1. The zero-order chi connectivity index (χ0) is 16.9. The van der Waals surface area contributed by atoms with Crippen LogP contribution < -0.4 is 10.5 Å². The molecule has 2 N–H and O–H groups in total. The van der Waals surface area contributed by atoms with Crippen LogP contribution >= 0.6 is 0 Å². The van der Waals surface area contributed by atoms with Crippen molar-refractivity contribution in [2.45, 2.75) is 13.0 Å². The van der Waals surface area contributed by atoms with E-state index in [4.69, 9.17) is 10.5 Å². The lowest BCUT2D eigenvalue weighted by atomic mass is 10.1. The van der Waals surface area contributed by atoms with Gasteiger partial charge in [-0.05, 0) is 48.7 Å². The molecule has 0 radical (unpaired) electrons. The van der Waals surface area contributed by atoms with Crippen molar-refractivity contribution in [2.24, 2.45) is 11.7 Å². The summed E-state index contributed by atoms with van der Waals surface area (Å²) in [7, 11) is 0. The van der Waals surface area contributed by atoms with Crippen LogP contribution in [0, 0.1) is 11.7 Å². The van der Waals surface area contributed by atoms with Gasteiger partial charge in [0.25, 0.3) is 5.91 Å². The van der Waals surface area contributed by atoms with Crippen LogP contribution in [0.4, 0.5) is 4.39 Å². The molecule has 0 spiro atoms. The van der Waals surface area contributed by atoms with Crippen molar-refractivity contribution < 1.29 is 13.9 Å². The number of ether oxygens (including phenoxy) is 1. The molecule has 0 unspecified atom stereocenters. The van der Waals surface area contributed by atoms with Gasteiger partial charge in [-0.2, -0.15) is 0 Å². The quantitative estimate of drug-likeness (QED) is 0.918. The van der Waals surface area contributed by atoms with E-state index in [2.05, 4.69) is 0 Å². The number of amides is 1. The third kappa shape index (κ3) is 3.74. The maximum absolute atomic E-state index is 13.0. The number of nitrogens with zero attached hydrogens (tertiary/aromatic N) is 1. The van der Waals surface area contributed by atoms with Gasteiger partial charge in [0.2, 0.25) is 0 Å². The molecule has 0 aliphatic carbocycles. The second-order valence-electron chi connectivity index (χ2n) is 6.05. The maximum Gasteiger partial charge on any atom is 0.257 e. The molecule has 0 bridgehead atoms. The third-order valence-corrected chi connectivity index (χ3v) is 4.33. The summed E-state index contributed by atoms with van der Waals surface area (Å²) in [5, 5.41) is 0. The molecule has 1 aliphatic heterocycles. The highest BCUT2D eigenvalue weighted by atomic mass is 19.1. The lowest BCUT2D eigenvalue weighted by molar-refractivity contribution is 0.0782. The van der Waals surface area contributed by atoms with E-state index in [1.165, 1.54) is 12.1 Å². The largest absolute Gasteiger partial charge is 0.488 e. The highest BCUT2D eigenvalue weighted by Gasteiger charge is 2.27. The SMILES string of the molecule is NC[C@@H]1CCN(C(=O)c2ccccc2OCc2ccc(F)cc2)C1. The Kier molecular flexibility index (Phi) is 5.11. The van der Waals surface area contributed by atoms with Crippen LogP contribution in [0.2, 0.25) is 0 Å². The highest BCUT2D eigenvalue weighted by molar-refractivity contribution is 5.97. The molecular formula is C19H21FN2O2.